The zero-order chi connectivity index (χ0) is 19.3. The molecule has 0 unspecified atom stereocenters. The minimum Gasteiger partial charge on any atom is -0.323 e. The van der Waals surface area contributed by atoms with Gasteiger partial charge < -0.3 is 10.6 Å². The van der Waals surface area contributed by atoms with Crippen molar-refractivity contribution in [2.24, 2.45) is 0 Å². The molecule has 7 heteroatoms. The second-order valence-corrected chi connectivity index (χ2v) is 6.32. The number of hydrogen-bond donors (Lipinski definition) is 2. The van der Waals surface area contributed by atoms with Crippen LogP contribution in [0.3, 0.4) is 0 Å². The van der Waals surface area contributed by atoms with Gasteiger partial charge in [0.05, 0.1) is 15.7 Å². The molecule has 2 aromatic carbocycles. The average Bonchev–Trinajstić information content (AvgIpc) is 2.58. The first kappa shape index (κ1) is 19.7. The first-order chi connectivity index (χ1) is 12.3. The molecule has 2 rings (SSSR count). The summed E-state index contributed by atoms with van der Waals surface area (Å²) >= 11 is 12.0. The molecule has 0 aliphatic heterocycles. The van der Waals surface area contributed by atoms with Crippen molar-refractivity contribution in [2.45, 2.75) is 13.8 Å². The van der Waals surface area contributed by atoms with E-state index in [2.05, 4.69) is 10.6 Å². The fraction of sp³-hybridized carbons (Fsp3) is 0.105. The molecule has 0 atom stereocenters. The first-order valence-corrected chi connectivity index (χ1v) is 8.39. The van der Waals surface area contributed by atoms with Crippen LogP contribution in [0.5, 0.6) is 0 Å². The zero-order valence-corrected chi connectivity index (χ0v) is 15.6. The van der Waals surface area contributed by atoms with Gasteiger partial charge in [0.1, 0.15) is 0 Å². The van der Waals surface area contributed by atoms with E-state index in [0.717, 1.165) is 0 Å². The maximum Gasteiger partial charge on any atom is 0.251 e. The number of nitrogens with one attached hydrogen (secondary N) is 2. The van der Waals surface area contributed by atoms with Gasteiger partial charge in [0.25, 0.3) is 5.91 Å². The highest BCUT2D eigenvalue weighted by atomic mass is 35.5. The Morgan fingerprint density at radius 3 is 2.00 bits per heavy atom. The molecule has 2 N–H and O–H groups in total. The second kappa shape index (κ2) is 8.65. The molecule has 0 bridgehead atoms. The van der Waals surface area contributed by atoms with Crippen LogP contribution in [0.4, 0.5) is 11.4 Å². The Kier molecular flexibility index (Phi) is 6.55. The Hall–Kier alpha value is -2.63. The van der Waals surface area contributed by atoms with Crippen molar-refractivity contribution in [1.82, 2.24) is 0 Å². The third-order valence-corrected chi connectivity index (χ3v) is 4.10. The minimum atomic E-state index is -0.498. The van der Waals surface area contributed by atoms with Gasteiger partial charge in [-0.1, -0.05) is 29.3 Å². The van der Waals surface area contributed by atoms with Crippen molar-refractivity contribution < 1.29 is 14.4 Å². The van der Waals surface area contributed by atoms with Crippen LogP contribution in [0.25, 0.3) is 0 Å². The second-order valence-electron chi connectivity index (χ2n) is 5.50. The van der Waals surface area contributed by atoms with Crippen LogP contribution >= 0.6 is 23.2 Å². The lowest BCUT2D eigenvalue weighted by atomic mass is 10.1. The molecular weight excluding hydrogens is 375 g/mol. The van der Waals surface area contributed by atoms with E-state index in [9.17, 15) is 14.4 Å². The van der Waals surface area contributed by atoms with Gasteiger partial charge in [-0.25, -0.2) is 0 Å². The number of amides is 2. The zero-order valence-electron chi connectivity index (χ0n) is 14.1. The van der Waals surface area contributed by atoms with Crippen LogP contribution in [0, 0.1) is 0 Å². The van der Waals surface area contributed by atoms with Crippen LogP contribution in [-0.4, -0.2) is 17.6 Å². The third-order valence-electron chi connectivity index (χ3n) is 3.47. The molecule has 0 radical (unpaired) electrons. The van der Waals surface area contributed by atoms with Crippen LogP contribution in [0.1, 0.15) is 24.2 Å². The van der Waals surface area contributed by atoms with Crippen LogP contribution < -0.4 is 10.6 Å². The van der Waals surface area contributed by atoms with Gasteiger partial charge in [0.15, 0.2) is 5.78 Å². The van der Waals surface area contributed by atoms with Crippen molar-refractivity contribution in [2.75, 3.05) is 10.6 Å². The molecule has 5 nitrogen and oxygen atoms in total. The minimum absolute atomic E-state index is 0.0616. The third kappa shape index (κ3) is 5.18. The van der Waals surface area contributed by atoms with E-state index < -0.39 is 11.8 Å². The SMILES string of the molecule is CC(=O)c1ccc(NC(=O)/C=C(/C)C(=O)Nc2c(Cl)cccc2Cl)cc1. The van der Waals surface area contributed by atoms with Gasteiger partial charge in [-0.3, -0.25) is 14.4 Å². The Balaban J connectivity index is 2.04. The summed E-state index contributed by atoms with van der Waals surface area (Å²) in [5.41, 5.74) is 1.52. The Bertz CT molecular complexity index is 870. The summed E-state index contributed by atoms with van der Waals surface area (Å²) in [6, 6.07) is 11.3. The number of halogens is 2. The largest absolute Gasteiger partial charge is 0.323 e. The van der Waals surface area contributed by atoms with Crippen molar-refractivity contribution >= 4 is 52.2 Å². The topological polar surface area (TPSA) is 75.3 Å². The lowest BCUT2D eigenvalue weighted by Crippen LogP contribution is -2.16. The number of para-hydroxylation sites is 1. The van der Waals surface area contributed by atoms with Crippen LogP contribution in [-0.2, 0) is 9.59 Å². The molecule has 0 aromatic heterocycles. The van der Waals surface area contributed by atoms with Crippen LogP contribution in [0.2, 0.25) is 10.0 Å². The van der Waals surface area contributed by atoms with E-state index in [1.807, 2.05) is 0 Å². The molecular formula is C19H16Cl2N2O3. The summed E-state index contributed by atoms with van der Waals surface area (Å²) in [5.74, 6) is -1.03. The van der Waals surface area contributed by atoms with E-state index in [0.29, 0.717) is 21.3 Å². The number of Topliss-reactive ketones (excluding diaryl/α,β-unsaturated/α-hetero) is 1. The highest BCUT2D eigenvalue weighted by Crippen LogP contribution is 2.30. The molecule has 26 heavy (non-hydrogen) atoms. The Morgan fingerprint density at radius 1 is 0.885 bits per heavy atom. The highest BCUT2D eigenvalue weighted by Gasteiger charge is 2.12. The highest BCUT2D eigenvalue weighted by molar-refractivity contribution is 6.40. The number of anilines is 2. The molecule has 0 saturated heterocycles. The van der Waals surface area contributed by atoms with E-state index >= 15 is 0 Å². The standard InChI is InChI=1S/C19H16Cl2N2O3/c1-11(19(26)23-18-15(20)4-3-5-16(18)21)10-17(25)22-14-8-6-13(7-9-14)12(2)24/h3-10H,1-2H3,(H,22,25)(H,23,26)/b11-10-. The smallest absolute Gasteiger partial charge is 0.251 e. The van der Waals surface area contributed by atoms with Crippen molar-refractivity contribution in [3.8, 4) is 0 Å². The van der Waals surface area contributed by atoms with Gasteiger partial charge >= 0.3 is 0 Å². The summed E-state index contributed by atoms with van der Waals surface area (Å²) < 4.78 is 0. The van der Waals surface area contributed by atoms with Crippen molar-refractivity contribution in [3.63, 3.8) is 0 Å². The summed E-state index contributed by atoms with van der Waals surface area (Å²) in [7, 11) is 0. The van der Waals surface area contributed by atoms with E-state index in [1.165, 1.54) is 19.9 Å². The van der Waals surface area contributed by atoms with E-state index in [4.69, 9.17) is 23.2 Å². The number of rotatable bonds is 5. The summed E-state index contributed by atoms with van der Waals surface area (Å²) in [6.07, 6.45) is 1.17. The lowest BCUT2D eigenvalue weighted by molar-refractivity contribution is -0.114. The quantitative estimate of drug-likeness (QED) is 0.572. The molecule has 0 saturated carbocycles. The number of hydrogen-bond acceptors (Lipinski definition) is 3. The molecule has 0 heterocycles. The number of benzene rings is 2. The molecule has 0 spiro atoms. The molecule has 0 aliphatic carbocycles. The molecule has 2 aromatic rings. The van der Waals surface area contributed by atoms with Crippen molar-refractivity contribution in [3.05, 3.63) is 69.7 Å². The molecule has 0 aliphatic rings. The fourth-order valence-electron chi connectivity index (χ4n) is 2.06. The van der Waals surface area contributed by atoms with Gasteiger partial charge in [-0.15, -0.1) is 0 Å². The maximum absolute atomic E-state index is 12.2. The molecule has 134 valence electrons. The van der Waals surface area contributed by atoms with E-state index in [-0.39, 0.29) is 17.0 Å². The lowest BCUT2D eigenvalue weighted by Gasteiger charge is -2.09. The van der Waals surface area contributed by atoms with Crippen molar-refractivity contribution in [1.29, 1.82) is 0 Å². The first-order valence-electron chi connectivity index (χ1n) is 7.63. The number of carbonyl (C=O) groups is 3. The predicted molar refractivity (Wildman–Crippen MR) is 104 cm³/mol. The summed E-state index contributed by atoms with van der Waals surface area (Å²) in [6.45, 7) is 2.96. The van der Waals surface area contributed by atoms with Crippen LogP contribution in [0.15, 0.2) is 54.1 Å². The maximum atomic E-state index is 12.2. The normalized spacial score (nSPS) is 11.0. The van der Waals surface area contributed by atoms with Gasteiger partial charge in [0.2, 0.25) is 5.91 Å². The van der Waals surface area contributed by atoms with Gasteiger partial charge in [0, 0.05) is 22.9 Å². The summed E-state index contributed by atoms with van der Waals surface area (Å²) in [4.78, 5) is 35.5. The van der Waals surface area contributed by atoms with Gasteiger partial charge in [-0.05, 0) is 50.2 Å². The van der Waals surface area contributed by atoms with E-state index in [1.54, 1.807) is 42.5 Å². The predicted octanol–water partition coefficient (Wildman–Crippen LogP) is 4.72. The number of carbonyl (C=O) groups excluding carboxylic acids is 3. The Labute approximate surface area is 161 Å². The number of ketones is 1. The molecule has 2 amide bonds. The monoisotopic (exact) mass is 390 g/mol. The molecule has 0 fully saturated rings. The Morgan fingerprint density at radius 2 is 1.46 bits per heavy atom. The van der Waals surface area contributed by atoms with Gasteiger partial charge in [-0.2, -0.15) is 0 Å². The summed E-state index contributed by atoms with van der Waals surface area (Å²) in [5, 5.41) is 5.80. The average molecular weight is 391 g/mol. The fourth-order valence-corrected chi connectivity index (χ4v) is 2.55.